The van der Waals surface area contributed by atoms with Crippen LogP contribution in [-0.4, -0.2) is 47.4 Å². The molecule has 4 aromatic carbocycles. The molecule has 0 heterocycles. The van der Waals surface area contributed by atoms with Crippen molar-refractivity contribution in [2.24, 2.45) is 0 Å². The molecule has 46 heavy (non-hydrogen) atoms. The van der Waals surface area contributed by atoms with Gasteiger partial charge in [-0.3, -0.25) is 19.0 Å². The number of hydrogen-bond donors (Lipinski definition) is 2. The molecule has 0 amide bonds. The van der Waals surface area contributed by atoms with Crippen molar-refractivity contribution in [3.8, 4) is 0 Å². The molecule has 9 nitrogen and oxygen atoms in total. The van der Waals surface area contributed by atoms with E-state index in [9.17, 15) is 26.4 Å². The quantitative estimate of drug-likeness (QED) is 0.163. The minimum absolute atomic E-state index is 0.0354. The maximum Gasteiger partial charge on any atom is 0.263 e. The van der Waals surface area contributed by atoms with Gasteiger partial charge >= 0.3 is 0 Å². The fraction of sp³-hybridized carbons (Fsp3) is 0.152. The van der Waals surface area contributed by atoms with Gasteiger partial charge in [-0.25, -0.2) is 16.8 Å². The lowest BCUT2D eigenvalue weighted by atomic mass is 10.0. The van der Waals surface area contributed by atoms with Crippen LogP contribution in [0.25, 0.3) is 5.57 Å². The Labute approximate surface area is 280 Å². The number of sulfonamides is 2. The number of ketones is 2. The molecule has 0 atom stereocenters. The van der Waals surface area contributed by atoms with Gasteiger partial charge in [-0.2, -0.15) is 0 Å². The molecule has 0 aliphatic rings. The lowest BCUT2D eigenvalue weighted by molar-refractivity contribution is -0.116. The highest BCUT2D eigenvalue weighted by molar-refractivity contribution is 7.93. The van der Waals surface area contributed by atoms with Gasteiger partial charge in [0.15, 0.2) is 5.78 Å². The second-order valence-electron chi connectivity index (χ2n) is 10.3. The highest BCUT2D eigenvalue weighted by Gasteiger charge is 2.21. The van der Waals surface area contributed by atoms with Gasteiger partial charge in [-0.1, -0.05) is 71.7 Å². The molecule has 4 rings (SSSR count). The van der Waals surface area contributed by atoms with Gasteiger partial charge in [0.05, 0.1) is 10.0 Å². The summed E-state index contributed by atoms with van der Waals surface area (Å²) in [6.45, 7) is 2.88. The van der Waals surface area contributed by atoms with E-state index in [4.69, 9.17) is 23.2 Å². The zero-order valence-corrected chi connectivity index (χ0v) is 28.6. The molecule has 4 aromatic rings. The molecule has 13 heteroatoms. The number of carbonyl (C=O) groups is 2. The standard InChI is InChI=1S/C18H19ClN2O3S.C15H14ClNO3S/c1-13(22)16(12-21(2)3)14-9-10-17(19)18(11-14)25(23,24)20-15-7-5-4-6-8-15;1-11(18)9-12-7-8-14(16)15(10-12)21(19,20)17-13-5-3-2-4-6-13/h4-12,20H,1-3H3;2-8,10,17H,9H2,1H3/b16-12-;. The van der Waals surface area contributed by atoms with Gasteiger partial charge in [-0.15, -0.1) is 0 Å². The molecule has 0 bridgehead atoms. The monoisotopic (exact) mass is 701 g/mol. The summed E-state index contributed by atoms with van der Waals surface area (Å²) in [5, 5.41) is 0.200. The number of allylic oxidation sites excluding steroid dienone is 1. The van der Waals surface area contributed by atoms with Crippen LogP contribution in [0, 0.1) is 0 Å². The van der Waals surface area contributed by atoms with Crippen LogP contribution in [0.2, 0.25) is 10.0 Å². The van der Waals surface area contributed by atoms with Gasteiger partial charge < -0.3 is 4.90 Å². The van der Waals surface area contributed by atoms with E-state index in [2.05, 4.69) is 9.44 Å². The average Bonchev–Trinajstić information content (AvgIpc) is 2.97. The number of anilines is 2. The molecule has 0 aliphatic heterocycles. The van der Waals surface area contributed by atoms with E-state index in [-0.39, 0.29) is 37.8 Å². The first-order chi connectivity index (χ1) is 21.6. The number of nitrogens with zero attached hydrogens (tertiary/aromatic N) is 1. The van der Waals surface area contributed by atoms with Gasteiger partial charge in [0.1, 0.15) is 15.6 Å². The highest BCUT2D eigenvalue weighted by atomic mass is 35.5. The summed E-state index contributed by atoms with van der Waals surface area (Å²) in [5.74, 6) is -0.216. The topological polar surface area (TPSA) is 130 Å². The third-order valence-electron chi connectivity index (χ3n) is 6.09. The maximum atomic E-state index is 12.7. The Morgan fingerprint density at radius 1 is 0.696 bits per heavy atom. The Balaban J connectivity index is 0.000000254. The molecule has 0 aliphatic carbocycles. The first-order valence-corrected chi connectivity index (χ1v) is 17.4. The number of carbonyl (C=O) groups excluding carboxylic acids is 2. The lowest BCUT2D eigenvalue weighted by Gasteiger charge is -2.13. The summed E-state index contributed by atoms with van der Waals surface area (Å²) in [6, 6.07) is 26.1. The maximum absolute atomic E-state index is 12.7. The number of halogens is 2. The van der Waals surface area contributed by atoms with Crippen molar-refractivity contribution in [2.45, 2.75) is 30.1 Å². The Hall–Kier alpha value is -4.16. The molecule has 0 spiro atoms. The van der Waals surface area contributed by atoms with Crippen molar-refractivity contribution < 1.29 is 26.4 Å². The summed E-state index contributed by atoms with van der Waals surface area (Å²) in [5.41, 5.74) is 2.38. The molecular weight excluding hydrogens is 669 g/mol. The predicted molar refractivity (Wildman–Crippen MR) is 184 cm³/mol. The van der Waals surface area contributed by atoms with Crippen molar-refractivity contribution in [1.82, 2.24) is 4.90 Å². The first-order valence-electron chi connectivity index (χ1n) is 13.7. The molecule has 0 radical (unpaired) electrons. The summed E-state index contributed by atoms with van der Waals surface area (Å²) >= 11 is 12.1. The smallest absolute Gasteiger partial charge is 0.263 e. The Morgan fingerprint density at radius 3 is 1.59 bits per heavy atom. The number of rotatable bonds is 11. The third-order valence-corrected chi connectivity index (χ3v) is 9.81. The van der Waals surface area contributed by atoms with Crippen molar-refractivity contribution in [1.29, 1.82) is 0 Å². The number of Topliss-reactive ketones (excluding diaryl/α,β-unsaturated/α-hetero) is 2. The Morgan fingerprint density at radius 2 is 1.15 bits per heavy atom. The van der Waals surface area contributed by atoms with Gasteiger partial charge in [0, 0.05) is 43.7 Å². The molecule has 242 valence electrons. The van der Waals surface area contributed by atoms with Crippen LogP contribution in [0.4, 0.5) is 11.4 Å². The number of hydrogen-bond acceptors (Lipinski definition) is 7. The highest BCUT2D eigenvalue weighted by Crippen LogP contribution is 2.29. The minimum atomic E-state index is -3.89. The zero-order valence-electron chi connectivity index (χ0n) is 25.5. The van der Waals surface area contributed by atoms with E-state index in [1.807, 2.05) is 0 Å². The van der Waals surface area contributed by atoms with Crippen LogP contribution in [-0.2, 0) is 36.1 Å². The number of benzene rings is 4. The van der Waals surface area contributed by atoms with Crippen molar-refractivity contribution in [2.75, 3.05) is 23.5 Å². The summed E-state index contributed by atoms with van der Waals surface area (Å²) < 4.78 is 55.1. The van der Waals surface area contributed by atoms with E-state index in [1.165, 1.54) is 38.1 Å². The first kappa shape index (κ1) is 36.3. The van der Waals surface area contributed by atoms with E-state index in [1.54, 1.807) is 98.0 Å². The second kappa shape index (κ2) is 15.9. The Kier molecular flexibility index (Phi) is 12.6. The SMILES string of the molecule is CC(=O)/C(=C/N(C)C)c1ccc(Cl)c(S(=O)(=O)Nc2ccccc2)c1.CC(=O)Cc1ccc(Cl)c(S(=O)(=O)Nc2ccccc2)c1. The van der Waals surface area contributed by atoms with E-state index >= 15 is 0 Å². The van der Waals surface area contributed by atoms with Crippen LogP contribution in [0.3, 0.4) is 0 Å². The summed E-state index contributed by atoms with van der Waals surface area (Å²) in [7, 11) is -4.11. The van der Waals surface area contributed by atoms with Crippen molar-refractivity contribution in [3.63, 3.8) is 0 Å². The molecule has 0 unspecified atom stereocenters. The molecule has 0 saturated heterocycles. The average molecular weight is 703 g/mol. The molecule has 2 N–H and O–H groups in total. The number of nitrogens with one attached hydrogen (secondary N) is 2. The minimum Gasteiger partial charge on any atom is -0.383 e. The fourth-order valence-electron chi connectivity index (χ4n) is 4.09. The van der Waals surface area contributed by atoms with Crippen LogP contribution in [0.15, 0.2) is 113 Å². The van der Waals surface area contributed by atoms with Crippen molar-refractivity contribution in [3.05, 3.63) is 124 Å². The predicted octanol–water partition coefficient (Wildman–Crippen LogP) is 6.90. The van der Waals surface area contributed by atoms with Gasteiger partial charge in [-0.05, 0) is 73.5 Å². The van der Waals surface area contributed by atoms with Gasteiger partial charge in [0.2, 0.25) is 0 Å². The van der Waals surface area contributed by atoms with E-state index < -0.39 is 20.0 Å². The van der Waals surface area contributed by atoms with Crippen molar-refractivity contribution >= 4 is 71.8 Å². The largest absolute Gasteiger partial charge is 0.383 e. The second-order valence-corrected chi connectivity index (χ2v) is 14.4. The zero-order chi connectivity index (χ0) is 34.1. The van der Waals surface area contributed by atoms with Crippen LogP contribution < -0.4 is 9.44 Å². The van der Waals surface area contributed by atoms with Crippen LogP contribution in [0.5, 0.6) is 0 Å². The van der Waals surface area contributed by atoms with E-state index in [0.29, 0.717) is 28.1 Å². The summed E-state index contributed by atoms with van der Waals surface area (Å²) in [4.78, 5) is 24.7. The molecular formula is C33H33Cl2N3O6S2. The molecule has 0 fully saturated rings. The molecule has 0 aromatic heterocycles. The fourth-order valence-corrected chi connectivity index (χ4v) is 7.28. The van der Waals surface area contributed by atoms with Gasteiger partial charge in [0.25, 0.3) is 20.0 Å². The third kappa shape index (κ3) is 10.4. The summed E-state index contributed by atoms with van der Waals surface area (Å²) in [6.07, 6.45) is 1.82. The molecule has 0 saturated carbocycles. The van der Waals surface area contributed by atoms with Crippen LogP contribution >= 0.6 is 23.2 Å². The van der Waals surface area contributed by atoms with Crippen LogP contribution in [0.1, 0.15) is 25.0 Å². The van der Waals surface area contributed by atoms with E-state index in [0.717, 1.165) is 0 Å². The Bertz CT molecular complexity index is 1950. The normalized spacial score (nSPS) is 11.6. The number of para-hydroxylation sites is 2. The lowest BCUT2D eigenvalue weighted by Crippen LogP contribution is -2.14.